The molecule has 3 aromatic heterocycles. The number of benzene rings is 1. The predicted octanol–water partition coefficient (Wildman–Crippen LogP) is 4.49. The van der Waals surface area contributed by atoms with E-state index in [4.69, 9.17) is 4.74 Å². The third-order valence-electron chi connectivity index (χ3n) is 4.97. The first kappa shape index (κ1) is 17.7. The van der Waals surface area contributed by atoms with Gasteiger partial charge in [-0.3, -0.25) is 0 Å². The van der Waals surface area contributed by atoms with Crippen LogP contribution in [0.15, 0.2) is 36.8 Å². The fourth-order valence-corrected chi connectivity index (χ4v) is 3.54. The SMILES string of the molecule is COc1ccc(C)c(-c2cnc3[nH]c(-c4cnc(C)nc4)cc3c2C#N)c1C. The van der Waals surface area contributed by atoms with Crippen molar-refractivity contribution >= 4 is 11.0 Å². The zero-order chi connectivity index (χ0) is 19.8. The van der Waals surface area contributed by atoms with Crippen molar-refractivity contribution in [3.63, 3.8) is 0 Å². The van der Waals surface area contributed by atoms with Gasteiger partial charge in [-0.05, 0) is 49.6 Å². The van der Waals surface area contributed by atoms with Crippen molar-refractivity contribution in [2.45, 2.75) is 20.8 Å². The largest absolute Gasteiger partial charge is 0.496 e. The third kappa shape index (κ3) is 2.78. The first-order chi connectivity index (χ1) is 13.5. The van der Waals surface area contributed by atoms with Gasteiger partial charge in [0.05, 0.1) is 18.4 Å². The van der Waals surface area contributed by atoms with Crippen molar-refractivity contribution in [1.29, 1.82) is 5.26 Å². The summed E-state index contributed by atoms with van der Waals surface area (Å²) < 4.78 is 5.47. The number of H-pyrrole nitrogens is 1. The summed E-state index contributed by atoms with van der Waals surface area (Å²) in [6, 6.07) is 8.25. The van der Waals surface area contributed by atoms with Crippen molar-refractivity contribution in [3.05, 3.63) is 59.3 Å². The van der Waals surface area contributed by atoms with Crippen LogP contribution >= 0.6 is 0 Å². The Kier molecular flexibility index (Phi) is 4.28. The maximum absolute atomic E-state index is 9.95. The smallest absolute Gasteiger partial charge is 0.139 e. The van der Waals surface area contributed by atoms with Crippen LogP contribution in [0.25, 0.3) is 33.4 Å². The van der Waals surface area contributed by atoms with E-state index in [1.807, 2.05) is 39.0 Å². The molecule has 1 N–H and O–H groups in total. The molecule has 0 amide bonds. The molecule has 0 unspecified atom stereocenters. The van der Waals surface area contributed by atoms with Gasteiger partial charge in [-0.15, -0.1) is 0 Å². The number of pyridine rings is 1. The molecular formula is C22H19N5O. The van der Waals surface area contributed by atoms with Gasteiger partial charge < -0.3 is 9.72 Å². The zero-order valence-corrected chi connectivity index (χ0v) is 16.2. The van der Waals surface area contributed by atoms with Crippen LogP contribution in [0.1, 0.15) is 22.5 Å². The van der Waals surface area contributed by atoms with Crippen LogP contribution in [0.3, 0.4) is 0 Å². The van der Waals surface area contributed by atoms with Crippen LogP contribution in [0.2, 0.25) is 0 Å². The second-order valence-electron chi connectivity index (χ2n) is 6.71. The Morgan fingerprint density at radius 1 is 1.04 bits per heavy atom. The first-order valence-electron chi connectivity index (χ1n) is 8.89. The van der Waals surface area contributed by atoms with Gasteiger partial charge in [-0.1, -0.05) is 6.07 Å². The molecule has 4 aromatic rings. The molecule has 0 saturated carbocycles. The molecule has 0 aliphatic rings. The zero-order valence-electron chi connectivity index (χ0n) is 16.2. The minimum atomic E-state index is 0.583. The standard InChI is InChI=1S/C22H19N5O/c1-12-5-6-20(28-4)13(2)21(12)18-11-26-22-16(17(18)8-23)7-19(27-22)15-9-24-14(3)25-10-15/h5-7,9-11H,1-4H3,(H,26,27). The Morgan fingerprint density at radius 2 is 1.79 bits per heavy atom. The highest BCUT2D eigenvalue weighted by Crippen LogP contribution is 2.37. The van der Waals surface area contributed by atoms with Crippen LogP contribution in [0.5, 0.6) is 5.75 Å². The number of nitriles is 1. The van der Waals surface area contributed by atoms with Crippen LogP contribution in [0.4, 0.5) is 0 Å². The summed E-state index contributed by atoms with van der Waals surface area (Å²) in [6.07, 6.45) is 5.27. The van der Waals surface area contributed by atoms with Gasteiger partial charge in [0.2, 0.25) is 0 Å². The minimum Gasteiger partial charge on any atom is -0.496 e. The normalized spacial score (nSPS) is 10.8. The molecule has 0 radical (unpaired) electrons. The van der Waals surface area contributed by atoms with Gasteiger partial charge in [-0.2, -0.15) is 5.26 Å². The molecule has 0 spiro atoms. The number of rotatable bonds is 3. The molecule has 4 rings (SSSR count). The molecule has 0 fully saturated rings. The van der Waals surface area contributed by atoms with Gasteiger partial charge in [0.1, 0.15) is 23.3 Å². The summed E-state index contributed by atoms with van der Waals surface area (Å²) >= 11 is 0. The highest BCUT2D eigenvalue weighted by Gasteiger charge is 2.18. The molecule has 6 nitrogen and oxygen atoms in total. The topological polar surface area (TPSA) is 87.5 Å². The summed E-state index contributed by atoms with van der Waals surface area (Å²) in [4.78, 5) is 16.3. The van der Waals surface area contributed by atoms with E-state index in [1.165, 1.54) is 0 Å². The number of aryl methyl sites for hydroxylation is 2. The van der Waals surface area contributed by atoms with Gasteiger partial charge in [-0.25, -0.2) is 15.0 Å². The fraction of sp³-hybridized carbons (Fsp3) is 0.182. The number of aromatic amines is 1. The lowest BCUT2D eigenvalue weighted by Gasteiger charge is -2.15. The molecule has 6 heteroatoms. The van der Waals surface area contributed by atoms with E-state index < -0.39 is 0 Å². The van der Waals surface area contributed by atoms with Crippen molar-refractivity contribution < 1.29 is 4.74 Å². The summed E-state index contributed by atoms with van der Waals surface area (Å²) in [5.41, 5.74) is 6.76. The molecule has 1 aromatic carbocycles. The van der Waals surface area contributed by atoms with Crippen molar-refractivity contribution in [2.75, 3.05) is 7.11 Å². The summed E-state index contributed by atoms with van der Waals surface area (Å²) in [5, 5.41) is 10.7. The second kappa shape index (κ2) is 6.78. The number of ether oxygens (including phenoxy) is 1. The Labute approximate surface area is 162 Å². The predicted molar refractivity (Wildman–Crippen MR) is 108 cm³/mol. The third-order valence-corrected chi connectivity index (χ3v) is 4.97. The number of nitrogens with zero attached hydrogens (tertiary/aromatic N) is 4. The molecule has 28 heavy (non-hydrogen) atoms. The molecule has 0 saturated heterocycles. The van der Waals surface area contributed by atoms with E-state index in [0.29, 0.717) is 17.0 Å². The molecule has 0 bridgehead atoms. The van der Waals surface area contributed by atoms with E-state index >= 15 is 0 Å². The maximum atomic E-state index is 9.95. The molecule has 0 atom stereocenters. The Hall–Kier alpha value is -3.72. The summed E-state index contributed by atoms with van der Waals surface area (Å²) in [5.74, 6) is 1.50. The van der Waals surface area contributed by atoms with Crippen LogP contribution in [-0.4, -0.2) is 27.0 Å². The summed E-state index contributed by atoms with van der Waals surface area (Å²) in [7, 11) is 1.65. The minimum absolute atomic E-state index is 0.583. The van der Waals surface area contributed by atoms with Crippen molar-refractivity contribution in [3.8, 4) is 34.2 Å². The number of hydrogen-bond donors (Lipinski definition) is 1. The fourth-order valence-electron chi connectivity index (χ4n) is 3.54. The highest BCUT2D eigenvalue weighted by atomic mass is 16.5. The van der Waals surface area contributed by atoms with Gasteiger partial charge >= 0.3 is 0 Å². The Morgan fingerprint density at radius 3 is 2.46 bits per heavy atom. The first-order valence-corrected chi connectivity index (χ1v) is 8.89. The average Bonchev–Trinajstić information content (AvgIpc) is 3.13. The van der Waals surface area contributed by atoms with E-state index in [-0.39, 0.29) is 0 Å². The molecule has 0 aliphatic heterocycles. The Bertz CT molecular complexity index is 1230. The molecule has 138 valence electrons. The molecular weight excluding hydrogens is 350 g/mol. The average molecular weight is 369 g/mol. The maximum Gasteiger partial charge on any atom is 0.139 e. The lowest BCUT2D eigenvalue weighted by molar-refractivity contribution is 0.412. The van der Waals surface area contributed by atoms with E-state index in [9.17, 15) is 5.26 Å². The van der Waals surface area contributed by atoms with E-state index in [0.717, 1.165) is 44.6 Å². The van der Waals surface area contributed by atoms with Crippen molar-refractivity contribution in [1.82, 2.24) is 19.9 Å². The quantitative estimate of drug-likeness (QED) is 0.575. The lowest BCUT2D eigenvalue weighted by Crippen LogP contribution is -1.96. The van der Waals surface area contributed by atoms with Crippen LogP contribution in [0, 0.1) is 32.1 Å². The number of methoxy groups -OCH3 is 1. The summed E-state index contributed by atoms with van der Waals surface area (Å²) in [6.45, 7) is 5.87. The van der Waals surface area contributed by atoms with Crippen LogP contribution in [-0.2, 0) is 0 Å². The van der Waals surface area contributed by atoms with Gasteiger partial charge in [0.25, 0.3) is 0 Å². The highest BCUT2D eigenvalue weighted by molar-refractivity contribution is 5.94. The lowest BCUT2D eigenvalue weighted by atomic mass is 9.92. The number of aromatic nitrogens is 4. The number of fused-ring (bicyclic) bond motifs is 1. The number of nitrogens with one attached hydrogen (secondary N) is 1. The second-order valence-corrected chi connectivity index (χ2v) is 6.71. The van der Waals surface area contributed by atoms with E-state index in [2.05, 4.69) is 26.0 Å². The molecule has 0 aliphatic carbocycles. The van der Waals surface area contributed by atoms with Crippen LogP contribution < -0.4 is 4.74 Å². The number of hydrogen-bond acceptors (Lipinski definition) is 5. The van der Waals surface area contributed by atoms with Gasteiger partial charge in [0, 0.05) is 35.1 Å². The van der Waals surface area contributed by atoms with E-state index in [1.54, 1.807) is 25.7 Å². The Balaban J connectivity index is 1.95. The molecule has 3 heterocycles. The monoisotopic (exact) mass is 369 g/mol. The van der Waals surface area contributed by atoms with Gasteiger partial charge in [0.15, 0.2) is 0 Å². The van der Waals surface area contributed by atoms with Crippen molar-refractivity contribution in [2.24, 2.45) is 0 Å².